The second-order valence-electron chi connectivity index (χ2n) is 4.75. The number of hydrogen-bond acceptors (Lipinski definition) is 4. The SMILES string of the molecule is CC1CS(=O)(=O)CCN1C(=O)c1cc(F)cc(F)c1O. The molecule has 0 bridgehead atoms. The van der Waals surface area contributed by atoms with Gasteiger partial charge in [-0.15, -0.1) is 0 Å². The molecule has 1 atom stereocenters. The third-order valence-electron chi connectivity index (χ3n) is 3.19. The highest BCUT2D eigenvalue weighted by Gasteiger charge is 2.33. The summed E-state index contributed by atoms with van der Waals surface area (Å²) in [6.45, 7) is 1.46. The van der Waals surface area contributed by atoms with Gasteiger partial charge in [0.15, 0.2) is 21.4 Å². The Balaban J connectivity index is 2.33. The number of carbonyl (C=O) groups excluding carboxylic acids is 1. The van der Waals surface area contributed by atoms with Crippen LogP contribution in [0, 0.1) is 11.6 Å². The molecule has 110 valence electrons. The Morgan fingerprint density at radius 1 is 1.40 bits per heavy atom. The first-order valence-corrected chi connectivity index (χ1v) is 7.73. The zero-order valence-electron chi connectivity index (χ0n) is 10.6. The minimum Gasteiger partial charge on any atom is -0.504 e. The van der Waals surface area contributed by atoms with Crippen LogP contribution in [0.2, 0.25) is 0 Å². The summed E-state index contributed by atoms with van der Waals surface area (Å²) < 4.78 is 49.2. The molecule has 8 heteroatoms. The summed E-state index contributed by atoms with van der Waals surface area (Å²) in [7, 11) is -3.21. The molecular weight excluding hydrogens is 292 g/mol. The molecule has 1 aromatic rings. The number of benzene rings is 1. The summed E-state index contributed by atoms with van der Waals surface area (Å²) >= 11 is 0. The number of phenolic OH excluding ortho intramolecular Hbond substituents is 1. The van der Waals surface area contributed by atoms with Gasteiger partial charge in [0.25, 0.3) is 5.91 Å². The summed E-state index contributed by atoms with van der Waals surface area (Å²) in [5.41, 5.74) is -0.506. The van der Waals surface area contributed by atoms with Gasteiger partial charge < -0.3 is 10.0 Å². The Bertz CT molecular complexity index is 660. The number of phenols is 1. The maximum absolute atomic E-state index is 13.2. The van der Waals surface area contributed by atoms with Gasteiger partial charge in [0.2, 0.25) is 0 Å². The average Bonchev–Trinajstić information content (AvgIpc) is 2.32. The van der Waals surface area contributed by atoms with Crippen molar-refractivity contribution in [3.05, 3.63) is 29.3 Å². The van der Waals surface area contributed by atoms with Crippen molar-refractivity contribution in [2.75, 3.05) is 18.1 Å². The molecule has 1 amide bonds. The van der Waals surface area contributed by atoms with Crippen molar-refractivity contribution >= 4 is 15.7 Å². The monoisotopic (exact) mass is 305 g/mol. The lowest BCUT2D eigenvalue weighted by atomic mass is 10.1. The van der Waals surface area contributed by atoms with Crippen molar-refractivity contribution in [2.24, 2.45) is 0 Å². The van der Waals surface area contributed by atoms with Gasteiger partial charge in [0.05, 0.1) is 17.1 Å². The first-order chi connectivity index (χ1) is 9.21. The van der Waals surface area contributed by atoms with Crippen LogP contribution in [0.5, 0.6) is 5.75 Å². The van der Waals surface area contributed by atoms with Crippen LogP contribution in [0.25, 0.3) is 0 Å². The molecule has 1 aliphatic heterocycles. The number of nitrogens with zero attached hydrogens (tertiary/aromatic N) is 1. The van der Waals surface area contributed by atoms with E-state index in [1.165, 1.54) is 11.8 Å². The summed E-state index contributed by atoms with van der Waals surface area (Å²) in [6, 6.07) is 0.583. The highest BCUT2D eigenvalue weighted by Crippen LogP contribution is 2.25. The van der Waals surface area contributed by atoms with Gasteiger partial charge >= 0.3 is 0 Å². The van der Waals surface area contributed by atoms with Crippen LogP contribution in [0.3, 0.4) is 0 Å². The normalized spacial score (nSPS) is 21.8. The third kappa shape index (κ3) is 2.74. The average molecular weight is 305 g/mol. The van der Waals surface area contributed by atoms with Crippen molar-refractivity contribution in [1.82, 2.24) is 4.90 Å². The molecule has 1 aromatic carbocycles. The third-order valence-corrected chi connectivity index (χ3v) is 4.98. The first-order valence-electron chi connectivity index (χ1n) is 5.90. The zero-order valence-corrected chi connectivity index (χ0v) is 11.5. The summed E-state index contributed by atoms with van der Waals surface area (Å²) in [4.78, 5) is 13.4. The predicted octanol–water partition coefficient (Wildman–Crippen LogP) is 0.929. The van der Waals surface area contributed by atoms with Crippen molar-refractivity contribution in [3.63, 3.8) is 0 Å². The minimum absolute atomic E-state index is 0.0695. The minimum atomic E-state index is -3.21. The predicted molar refractivity (Wildman–Crippen MR) is 67.2 cm³/mol. The molecule has 1 aliphatic rings. The summed E-state index contributed by atoms with van der Waals surface area (Å²) in [5, 5.41) is 9.50. The Kier molecular flexibility index (Phi) is 3.68. The van der Waals surface area contributed by atoms with Crippen LogP contribution in [0.4, 0.5) is 8.78 Å². The molecular formula is C12H13F2NO4S. The van der Waals surface area contributed by atoms with E-state index in [1.54, 1.807) is 0 Å². The number of halogens is 2. The Labute approximate surface area is 114 Å². The molecule has 1 N–H and O–H groups in total. The van der Waals surface area contributed by atoms with Crippen LogP contribution >= 0.6 is 0 Å². The molecule has 5 nitrogen and oxygen atoms in total. The molecule has 0 saturated carbocycles. The van der Waals surface area contributed by atoms with Gasteiger partial charge in [0, 0.05) is 18.7 Å². The first kappa shape index (κ1) is 14.7. The molecule has 1 saturated heterocycles. The lowest BCUT2D eigenvalue weighted by Gasteiger charge is -2.33. The second kappa shape index (κ2) is 5.01. The van der Waals surface area contributed by atoms with Crippen molar-refractivity contribution in [1.29, 1.82) is 0 Å². The van der Waals surface area contributed by atoms with E-state index >= 15 is 0 Å². The maximum atomic E-state index is 13.2. The molecule has 1 heterocycles. The number of sulfone groups is 1. The van der Waals surface area contributed by atoms with E-state index < -0.39 is 44.7 Å². The fourth-order valence-electron chi connectivity index (χ4n) is 2.18. The van der Waals surface area contributed by atoms with E-state index in [-0.39, 0.29) is 18.1 Å². The highest BCUT2D eigenvalue weighted by molar-refractivity contribution is 7.91. The molecule has 1 fully saturated rings. The van der Waals surface area contributed by atoms with Gasteiger partial charge in [-0.1, -0.05) is 0 Å². The topological polar surface area (TPSA) is 74.7 Å². The number of carbonyl (C=O) groups is 1. The van der Waals surface area contributed by atoms with Gasteiger partial charge in [-0.05, 0) is 13.0 Å². The lowest BCUT2D eigenvalue weighted by Crippen LogP contribution is -2.49. The number of rotatable bonds is 1. The molecule has 0 aliphatic carbocycles. The fraction of sp³-hybridized carbons (Fsp3) is 0.417. The molecule has 0 aromatic heterocycles. The smallest absolute Gasteiger partial charge is 0.258 e. The Morgan fingerprint density at radius 2 is 2.05 bits per heavy atom. The van der Waals surface area contributed by atoms with Gasteiger partial charge in [-0.3, -0.25) is 4.79 Å². The highest BCUT2D eigenvalue weighted by atomic mass is 32.2. The van der Waals surface area contributed by atoms with Crippen LogP contribution in [-0.2, 0) is 9.84 Å². The largest absolute Gasteiger partial charge is 0.504 e. The van der Waals surface area contributed by atoms with Crippen LogP contribution in [0.1, 0.15) is 17.3 Å². The molecule has 1 unspecified atom stereocenters. The fourth-order valence-corrected chi connectivity index (χ4v) is 3.74. The van der Waals surface area contributed by atoms with E-state index in [0.717, 1.165) is 6.07 Å². The van der Waals surface area contributed by atoms with Crippen molar-refractivity contribution < 1.29 is 27.1 Å². The molecule has 2 rings (SSSR count). The number of hydrogen-bond donors (Lipinski definition) is 1. The molecule has 0 radical (unpaired) electrons. The Hall–Kier alpha value is -1.70. The van der Waals surface area contributed by atoms with Crippen LogP contribution < -0.4 is 0 Å². The molecule has 0 spiro atoms. The molecule has 20 heavy (non-hydrogen) atoms. The van der Waals surface area contributed by atoms with E-state index in [4.69, 9.17) is 0 Å². The lowest BCUT2D eigenvalue weighted by molar-refractivity contribution is 0.0708. The zero-order chi connectivity index (χ0) is 15.1. The van der Waals surface area contributed by atoms with Gasteiger partial charge in [-0.2, -0.15) is 0 Å². The second-order valence-corrected chi connectivity index (χ2v) is 6.97. The van der Waals surface area contributed by atoms with Crippen molar-refractivity contribution in [2.45, 2.75) is 13.0 Å². The van der Waals surface area contributed by atoms with Gasteiger partial charge in [0.1, 0.15) is 5.82 Å². The van der Waals surface area contributed by atoms with Gasteiger partial charge in [-0.25, -0.2) is 17.2 Å². The summed E-state index contributed by atoms with van der Waals surface area (Å²) in [6.07, 6.45) is 0. The quantitative estimate of drug-likeness (QED) is 0.837. The van der Waals surface area contributed by atoms with Crippen LogP contribution in [-0.4, -0.2) is 48.4 Å². The Morgan fingerprint density at radius 3 is 2.65 bits per heavy atom. The van der Waals surface area contributed by atoms with E-state index in [9.17, 15) is 27.1 Å². The number of amides is 1. The number of aromatic hydroxyl groups is 1. The van der Waals surface area contributed by atoms with E-state index in [2.05, 4.69) is 0 Å². The standard InChI is InChI=1S/C12H13F2NO4S/c1-7-6-20(18,19)3-2-15(7)12(17)9-4-8(13)5-10(14)11(9)16/h4-5,7,16H,2-3,6H2,1H3. The van der Waals surface area contributed by atoms with Crippen molar-refractivity contribution in [3.8, 4) is 5.75 Å². The summed E-state index contributed by atoms with van der Waals surface area (Å²) in [5.74, 6) is -4.36. The van der Waals surface area contributed by atoms with E-state index in [1.807, 2.05) is 0 Å². The van der Waals surface area contributed by atoms with E-state index in [0.29, 0.717) is 6.07 Å². The van der Waals surface area contributed by atoms with Crippen LogP contribution in [0.15, 0.2) is 12.1 Å². The maximum Gasteiger partial charge on any atom is 0.258 e.